The van der Waals surface area contributed by atoms with E-state index in [1.807, 2.05) is 0 Å². The van der Waals surface area contributed by atoms with Crippen LogP contribution in [0.2, 0.25) is 5.02 Å². The first kappa shape index (κ1) is 22.7. The highest BCUT2D eigenvalue weighted by atomic mass is 79.9. The number of carbonyl (C=O) groups is 4. The van der Waals surface area contributed by atoms with Crippen LogP contribution in [-0.4, -0.2) is 51.4 Å². The number of imide groups is 1. The van der Waals surface area contributed by atoms with Crippen molar-refractivity contribution >= 4 is 88.8 Å². The Morgan fingerprint density at radius 1 is 1.14 bits per heavy atom. The number of halogens is 4. The Hall–Kier alpha value is -0.970. The third kappa shape index (κ3) is 5.21. The minimum absolute atomic E-state index is 0.0848. The first-order valence-corrected chi connectivity index (χ1v) is 11.7. The molecule has 1 aliphatic carbocycles. The van der Waals surface area contributed by atoms with Crippen molar-refractivity contribution in [2.24, 2.45) is 11.8 Å². The summed E-state index contributed by atoms with van der Waals surface area (Å²) in [7, 11) is 0. The standard InChI is InChI=1S/C18H16Br3ClN2O5/c19-8-1-2-14(13(22)3-8)23-15(25)7-29-16(26)6-24-17(27)9-4-11(20)12(21)5-10(9)18(24)28/h1-3,9-12H,4-7H2,(H,23,25)/t9-,10-,11+,12+/m1/s1. The number of amides is 3. The Morgan fingerprint density at radius 2 is 1.72 bits per heavy atom. The highest BCUT2D eigenvalue weighted by molar-refractivity contribution is 9.12. The first-order chi connectivity index (χ1) is 13.7. The lowest BCUT2D eigenvalue weighted by Gasteiger charge is -2.29. The molecule has 29 heavy (non-hydrogen) atoms. The number of esters is 1. The van der Waals surface area contributed by atoms with E-state index in [2.05, 4.69) is 53.1 Å². The second kappa shape index (κ2) is 9.45. The molecule has 4 atom stereocenters. The first-order valence-electron chi connectivity index (χ1n) is 8.71. The maximum atomic E-state index is 12.5. The molecule has 1 aromatic carbocycles. The minimum Gasteiger partial charge on any atom is -0.454 e. The smallest absolute Gasteiger partial charge is 0.326 e. The van der Waals surface area contributed by atoms with Gasteiger partial charge in [-0.3, -0.25) is 24.1 Å². The molecule has 0 spiro atoms. The number of nitrogens with zero attached hydrogens (tertiary/aromatic N) is 1. The van der Waals surface area contributed by atoms with Gasteiger partial charge in [-0.15, -0.1) is 0 Å². The molecule has 0 unspecified atom stereocenters. The molecule has 1 aromatic rings. The summed E-state index contributed by atoms with van der Waals surface area (Å²) in [5.74, 6) is -3.01. The third-order valence-electron chi connectivity index (χ3n) is 4.86. The van der Waals surface area contributed by atoms with Gasteiger partial charge < -0.3 is 10.1 Å². The number of ether oxygens (including phenoxy) is 1. The summed E-state index contributed by atoms with van der Waals surface area (Å²) in [5.41, 5.74) is 0.374. The number of likely N-dealkylation sites (tertiary alicyclic amines) is 1. The van der Waals surface area contributed by atoms with Crippen LogP contribution >= 0.6 is 59.4 Å². The molecular formula is C18H16Br3ClN2O5. The fourth-order valence-electron chi connectivity index (χ4n) is 3.42. The van der Waals surface area contributed by atoms with E-state index in [1.54, 1.807) is 18.2 Å². The second-order valence-corrected chi connectivity index (χ2v) is 10.5. The Balaban J connectivity index is 1.52. The van der Waals surface area contributed by atoms with Crippen LogP contribution in [0, 0.1) is 11.8 Å². The van der Waals surface area contributed by atoms with Gasteiger partial charge in [-0.05, 0) is 31.0 Å². The minimum atomic E-state index is -0.826. The van der Waals surface area contributed by atoms with E-state index in [9.17, 15) is 19.2 Å². The van der Waals surface area contributed by atoms with Gasteiger partial charge in [0.05, 0.1) is 22.5 Å². The van der Waals surface area contributed by atoms with Crippen LogP contribution in [0.1, 0.15) is 12.8 Å². The number of carbonyl (C=O) groups excluding carboxylic acids is 4. The van der Waals surface area contributed by atoms with Crippen molar-refractivity contribution in [3.63, 3.8) is 0 Å². The van der Waals surface area contributed by atoms with Crippen molar-refractivity contribution in [1.29, 1.82) is 0 Å². The van der Waals surface area contributed by atoms with E-state index < -0.39 is 36.9 Å². The molecule has 3 rings (SSSR count). The van der Waals surface area contributed by atoms with Crippen LogP contribution < -0.4 is 5.32 Å². The van der Waals surface area contributed by atoms with Gasteiger partial charge in [-0.1, -0.05) is 59.4 Å². The average Bonchev–Trinajstić information content (AvgIpc) is 2.87. The molecule has 0 bridgehead atoms. The maximum absolute atomic E-state index is 12.5. The van der Waals surface area contributed by atoms with Crippen LogP contribution in [0.5, 0.6) is 0 Å². The highest BCUT2D eigenvalue weighted by Crippen LogP contribution is 2.43. The van der Waals surface area contributed by atoms with E-state index in [1.165, 1.54) is 0 Å². The van der Waals surface area contributed by atoms with E-state index in [0.29, 0.717) is 23.6 Å². The molecule has 0 aromatic heterocycles. The summed E-state index contributed by atoms with van der Waals surface area (Å²) in [6.45, 7) is -1.06. The molecule has 0 radical (unpaired) electrons. The number of hydrogen-bond acceptors (Lipinski definition) is 5. The van der Waals surface area contributed by atoms with E-state index >= 15 is 0 Å². The molecule has 1 saturated carbocycles. The molecule has 1 N–H and O–H groups in total. The molecule has 156 valence electrons. The summed E-state index contributed by atoms with van der Waals surface area (Å²) in [6.07, 6.45) is 1.04. The zero-order valence-corrected chi connectivity index (χ0v) is 20.4. The van der Waals surface area contributed by atoms with Gasteiger partial charge in [-0.25, -0.2) is 0 Å². The lowest BCUT2D eigenvalue weighted by atomic mass is 9.81. The van der Waals surface area contributed by atoms with Gasteiger partial charge in [0.2, 0.25) is 11.8 Å². The number of benzene rings is 1. The van der Waals surface area contributed by atoms with E-state index in [0.717, 1.165) is 9.37 Å². The van der Waals surface area contributed by atoms with Crippen LogP contribution in [0.25, 0.3) is 0 Å². The molecule has 1 heterocycles. The van der Waals surface area contributed by atoms with Crippen molar-refractivity contribution in [2.45, 2.75) is 22.5 Å². The topological polar surface area (TPSA) is 92.8 Å². The number of rotatable bonds is 5. The van der Waals surface area contributed by atoms with Gasteiger partial charge in [-0.2, -0.15) is 0 Å². The lowest BCUT2D eigenvalue weighted by Crippen LogP contribution is -2.37. The van der Waals surface area contributed by atoms with Gasteiger partial charge in [0.15, 0.2) is 6.61 Å². The highest BCUT2D eigenvalue weighted by Gasteiger charge is 2.52. The molecule has 1 aliphatic heterocycles. The quantitative estimate of drug-likeness (QED) is 0.311. The van der Waals surface area contributed by atoms with Crippen LogP contribution in [0.3, 0.4) is 0 Å². The Labute approximate surface area is 197 Å². The fraction of sp³-hybridized carbons (Fsp3) is 0.444. The fourth-order valence-corrected chi connectivity index (χ4v) is 5.38. The maximum Gasteiger partial charge on any atom is 0.326 e. The zero-order valence-electron chi connectivity index (χ0n) is 14.9. The summed E-state index contributed by atoms with van der Waals surface area (Å²) in [5, 5.41) is 2.85. The van der Waals surface area contributed by atoms with Gasteiger partial charge in [0.1, 0.15) is 6.54 Å². The Morgan fingerprint density at radius 3 is 2.28 bits per heavy atom. The predicted octanol–water partition coefficient (Wildman–Crippen LogP) is 3.51. The second-order valence-electron chi connectivity index (χ2n) is 6.81. The zero-order chi connectivity index (χ0) is 21.3. The van der Waals surface area contributed by atoms with Crippen LogP contribution in [0.4, 0.5) is 5.69 Å². The van der Waals surface area contributed by atoms with Crippen molar-refractivity contribution in [3.05, 3.63) is 27.7 Å². The van der Waals surface area contributed by atoms with Gasteiger partial charge >= 0.3 is 5.97 Å². The summed E-state index contributed by atoms with van der Waals surface area (Å²) in [6, 6.07) is 4.92. The van der Waals surface area contributed by atoms with Crippen molar-refractivity contribution < 1.29 is 23.9 Å². The number of hydrogen-bond donors (Lipinski definition) is 1. The van der Waals surface area contributed by atoms with Crippen molar-refractivity contribution in [1.82, 2.24) is 4.90 Å². The van der Waals surface area contributed by atoms with Crippen LogP contribution in [-0.2, 0) is 23.9 Å². The SMILES string of the molecule is O=C(COC(=O)CN1C(=O)[C@@H]2C[C@H](Br)[C@@H](Br)C[C@H]2C1=O)Nc1ccc(Br)cc1Cl. The molecule has 11 heteroatoms. The normalized spacial score (nSPS) is 26.3. The average molecular weight is 616 g/mol. The van der Waals surface area contributed by atoms with Crippen molar-refractivity contribution in [3.8, 4) is 0 Å². The number of fused-ring (bicyclic) bond motifs is 1. The van der Waals surface area contributed by atoms with Gasteiger partial charge in [0, 0.05) is 14.1 Å². The number of nitrogens with one attached hydrogen (secondary N) is 1. The van der Waals surface area contributed by atoms with Crippen LogP contribution in [0.15, 0.2) is 22.7 Å². The number of alkyl halides is 2. The largest absolute Gasteiger partial charge is 0.454 e. The summed E-state index contributed by atoms with van der Waals surface area (Å²) < 4.78 is 5.68. The lowest BCUT2D eigenvalue weighted by molar-refractivity contribution is -0.154. The monoisotopic (exact) mass is 612 g/mol. The summed E-state index contributed by atoms with van der Waals surface area (Å²) in [4.78, 5) is 50.3. The molecular weight excluding hydrogens is 599 g/mol. The van der Waals surface area contributed by atoms with Gasteiger partial charge in [0.25, 0.3) is 5.91 Å². The summed E-state index contributed by atoms with van der Waals surface area (Å²) >= 11 is 16.3. The molecule has 3 amide bonds. The number of anilines is 1. The van der Waals surface area contributed by atoms with E-state index in [-0.39, 0.29) is 21.5 Å². The predicted molar refractivity (Wildman–Crippen MR) is 117 cm³/mol. The molecule has 2 fully saturated rings. The molecule has 1 saturated heterocycles. The molecule has 7 nitrogen and oxygen atoms in total. The third-order valence-corrected chi connectivity index (χ3v) is 8.40. The van der Waals surface area contributed by atoms with E-state index in [4.69, 9.17) is 16.3 Å². The molecule has 2 aliphatic rings. The Kier molecular flexibility index (Phi) is 7.40. The van der Waals surface area contributed by atoms with Crippen molar-refractivity contribution in [2.75, 3.05) is 18.5 Å². The Bertz CT molecular complexity index is 840.